The fraction of sp³-hybridized carbons (Fsp3) is 0.409. The Balaban J connectivity index is 1.81. The molecule has 1 atom stereocenters. The van der Waals surface area contributed by atoms with Gasteiger partial charge in [0.05, 0.1) is 6.54 Å². The fourth-order valence-corrected chi connectivity index (χ4v) is 4.11. The molecule has 0 fully saturated rings. The molecule has 4 rings (SSSR count). The van der Waals surface area contributed by atoms with Gasteiger partial charge in [0.2, 0.25) is 5.95 Å². The van der Waals surface area contributed by atoms with Crippen molar-refractivity contribution in [3.63, 3.8) is 0 Å². The van der Waals surface area contributed by atoms with Gasteiger partial charge in [0.25, 0.3) is 5.56 Å². The van der Waals surface area contributed by atoms with Gasteiger partial charge in [-0.2, -0.15) is 4.98 Å². The highest BCUT2D eigenvalue weighted by atomic mass is 16.2. The Bertz CT molecular complexity index is 1190. The highest BCUT2D eigenvalue weighted by Gasteiger charge is 2.28. The minimum atomic E-state index is -0.357. The molecule has 3 aromatic rings. The Hall–Kier alpha value is -3.09. The lowest BCUT2D eigenvalue weighted by atomic mass is 10.1. The highest BCUT2D eigenvalue weighted by Crippen LogP contribution is 2.27. The Morgan fingerprint density at radius 2 is 1.93 bits per heavy atom. The largest absolute Gasteiger partial charge is 0.342 e. The Labute approximate surface area is 169 Å². The Morgan fingerprint density at radius 1 is 1.21 bits per heavy atom. The summed E-state index contributed by atoms with van der Waals surface area (Å²) in [5, 5.41) is 0. The molecule has 0 saturated carbocycles. The maximum atomic E-state index is 13.2. The van der Waals surface area contributed by atoms with Crippen LogP contribution < -0.4 is 16.1 Å². The zero-order valence-electron chi connectivity index (χ0n) is 17.3. The quantitative estimate of drug-likeness (QED) is 0.623. The first-order valence-corrected chi connectivity index (χ1v) is 10.00. The standard InChI is InChI=1S/C22H27N5O2/c1-15(2)12-27-20(28)18-19(24(4)22(27)29)23-21-25(13-16(3)14-26(18)21)11-10-17-8-6-5-7-9-17/h5-9,16H,1,10-14H2,2-4H3. The first-order valence-electron chi connectivity index (χ1n) is 10.00. The van der Waals surface area contributed by atoms with Gasteiger partial charge in [-0.25, -0.2) is 4.79 Å². The lowest BCUT2D eigenvalue weighted by Crippen LogP contribution is -2.41. The molecule has 0 amide bonds. The van der Waals surface area contributed by atoms with E-state index < -0.39 is 0 Å². The normalized spacial score (nSPS) is 16.2. The van der Waals surface area contributed by atoms with Gasteiger partial charge in [-0.1, -0.05) is 49.4 Å². The van der Waals surface area contributed by atoms with Crippen molar-refractivity contribution < 1.29 is 0 Å². The molecule has 7 heteroatoms. The summed E-state index contributed by atoms with van der Waals surface area (Å²) in [5.41, 5.74) is 2.34. The molecular formula is C22H27N5O2. The third-order valence-corrected chi connectivity index (χ3v) is 5.46. The van der Waals surface area contributed by atoms with Crippen LogP contribution in [0.5, 0.6) is 0 Å². The molecule has 29 heavy (non-hydrogen) atoms. The molecule has 1 aromatic carbocycles. The van der Waals surface area contributed by atoms with Gasteiger partial charge in [0.1, 0.15) is 0 Å². The Morgan fingerprint density at radius 3 is 2.62 bits per heavy atom. The van der Waals surface area contributed by atoms with Crippen LogP contribution in [0, 0.1) is 5.92 Å². The third-order valence-electron chi connectivity index (χ3n) is 5.46. The van der Waals surface area contributed by atoms with Crippen molar-refractivity contribution in [3.8, 4) is 0 Å². The summed E-state index contributed by atoms with van der Waals surface area (Å²) < 4.78 is 4.73. The van der Waals surface area contributed by atoms with Crippen LogP contribution >= 0.6 is 0 Å². The second-order valence-electron chi connectivity index (χ2n) is 8.17. The van der Waals surface area contributed by atoms with Crippen LogP contribution in [0.2, 0.25) is 0 Å². The molecular weight excluding hydrogens is 366 g/mol. The number of hydrogen-bond acceptors (Lipinski definition) is 4. The molecule has 1 unspecified atom stereocenters. The molecule has 0 aliphatic carbocycles. The molecule has 0 radical (unpaired) electrons. The maximum Gasteiger partial charge on any atom is 0.332 e. The van der Waals surface area contributed by atoms with E-state index >= 15 is 0 Å². The van der Waals surface area contributed by atoms with Crippen LogP contribution in [0.4, 0.5) is 5.95 Å². The predicted molar refractivity (Wildman–Crippen MR) is 116 cm³/mol. The number of rotatable bonds is 5. The smallest absolute Gasteiger partial charge is 0.332 e. The molecule has 1 aliphatic heterocycles. The van der Waals surface area contributed by atoms with E-state index in [2.05, 4.69) is 30.5 Å². The maximum absolute atomic E-state index is 13.2. The van der Waals surface area contributed by atoms with Crippen LogP contribution in [0.3, 0.4) is 0 Å². The second-order valence-corrected chi connectivity index (χ2v) is 8.17. The number of anilines is 1. The number of allylic oxidation sites excluding steroid dienone is 1. The van der Waals surface area contributed by atoms with Crippen molar-refractivity contribution in [2.75, 3.05) is 18.0 Å². The van der Waals surface area contributed by atoms with E-state index in [9.17, 15) is 9.59 Å². The van der Waals surface area contributed by atoms with Crippen LogP contribution in [0.15, 0.2) is 52.1 Å². The number of imidazole rings is 1. The van der Waals surface area contributed by atoms with E-state index in [1.807, 2.05) is 29.7 Å². The zero-order valence-corrected chi connectivity index (χ0v) is 17.3. The van der Waals surface area contributed by atoms with E-state index in [1.54, 1.807) is 7.05 Å². The van der Waals surface area contributed by atoms with Gasteiger partial charge >= 0.3 is 5.69 Å². The molecule has 3 heterocycles. The molecule has 1 aliphatic rings. The zero-order chi connectivity index (χ0) is 20.7. The number of fused-ring (bicyclic) bond motifs is 3. The number of nitrogens with zero attached hydrogens (tertiary/aromatic N) is 5. The molecule has 2 aromatic heterocycles. The molecule has 0 saturated heterocycles. The molecule has 0 bridgehead atoms. The SMILES string of the molecule is C=C(C)Cn1c(=O)c2c(nc3n2CC(C)CN3CCc2ccccc2)n(C)c1=O. The van der Waals surface area contributed by atoms with Crippen molar-refractivity contribution in [2.45, 2.75) is 33.4 Å². The summed E-state index contributed by atoms with van der Waals surface area (Å²) in [4.78, 5) is 32.9. The average Bonchev–Trinajstić information content (AvgIpc) is 3.08. The van der Waals surface area contributed by atoms with Gasteiger partial charge in [0, 0.05) is 26.7 Å². The number of aryl methyl sites for hydroxylation is 1. The summed E-state index contributed by atoms with van der Waals surface area (Å²) in [5.74, 6) is 1.15. The van der Waals surface area contributed by atoms with Gasteiger partial charge in [-0.15, -0.1) is 0 Å². The van der Waals surface area contributed by atoms with Gasteiger partial charge in [-0.05, 0) is 24.8 Å². The average molecular weight is 393 g/mol. The lowest BCUT2D eigenvalue weighted by Gasteiger charge is -2.33. The monoisotopic (exact) mass is 393 g/mol. The number of aromatic nitrogens is 4. The summed E-state index contributed by atoms with van der Waals surface area (Å²) in [7, 11) is 1.68. The summed E-state index contributed by atoms with van der Waals surface area (Å²) in [6.07, 6.45) is 0.898. The Kier molecular flexibility index (Phi) is 4.90. The van der Waals surface area contributed by atoms with Crippen molar-refractivity contribution in [1.82, 2.24) is 18.7 Å². The first kappa shape index (κ1) is 19.2. The predicted octanol–water partition coefficient (Wildman–Crippen LogP) is 2.17. The summed E-state index contributed by atoms with van der Waals surface area (Å²) in [6.45, 7) is 10.5. The molecule has 0 N–H and O–H groups in total. The molecule has 152 valence electrons. The van der Waals surface area contributed by atoms with E-state index in [4.69, 9.17) is 4.98 Å². The minimum absolute atomic E-state index is 0.217. The number of hydrogen-bond donors (Lipinski definition) is 0. The van der Waals surface area contributed by atoms with Crippen LogP contribution in [-0.4, -0.2) is 31.8 Å². The van der Waals surface area contributed by atoms with Crippen molar-refractivity contribution in [2.24, 2.45) is 13.0 Å². The van der Waals surface area contributed by atoms with E-state index in [-0.39, 0.29) is 17.8 Å². The van der Waals surface area contributed by atoms with Gasteiger partial charge < -0.3 is 9.47 Å². The van der Waals surface area contributed by atoms with Crippen molar-refractivity contribution >= 4 is 17.1 Å². The topological polar surface area (TPSA) is 65.1 Å². The van der Waals surface area contributed by atoms with Gasteiger partial charge in [0.15, 0.2) is 11.2 Å². The van der Waals surface area contributed by atoms with Crippen LogP contribution in [0.25, 0.3) is 11.2 Å². The second kappa shape index (κ2) is 7.39. The fourth-order valence-electron chi connectivity index (χ4n) is 4.11. The van der Waals surface area contributed by atoms with Crippen LogP contribution in [0.1, 0.15) is 19.4 Å². The first-order chi connectivity index (χ1) is 13.9. The van der Waals surface area contributed by atoms with Crippen molar-refractivity contribution in [1.29, 1.82) is 0 Å². The van der Waals surface area contributed by atoms with Crippen LogP contribution in [-0.2, 0) is 26.6 Å². The van der Waals surface area contributed by atoms with E-state index in [0.29, 0.717) is 23.6 Å². The summed E-state index contributed by atoms with van der Waals surface area (Å²) in [6, 6.07) is 10.3. The minimum Gasteiger partial charge on any atom is -0.342 e. The molecule has 0 spiro atoms. The van der Waals surface area contributed by atoms with E-state index in [1.165, 1.54) is 14.7 Å². The van der Waals surface area contributed by atoms with E-state index in [0.717, 1.165) is 31.0 Å². The lowest BCUT2D eigenvalue weighted by molar-refractivity contribution is 0.437. The third kappa shape index (κ3) is 3.41. The number of benzene rings is 1. The van der Waals surface area contributed by atoms with Gasteiger partial charge in [-0.3, -0.25) is 13.9 Å². The molecule has 7 nitrogen and oxygen atoms in total. The van der Waals surface area contributed by atoms with Crippen molar-refractivity contribution in [3.05, 3.63) is 68.9 Å². The summed E-state index contributed by atoms with van der Waals surface area (Å²) >= 11 is 0. The highest BCUT2D eigenvalue weighted by molar-refractivity contribution is 5.75.